The van der Waals surface area contributed by atoms with Crippen LogP contribution in [-0.2, 0) is 64.4 Å². The van der Waals surface area contributed by atoms with Crippen LogP contribution >= 0.6 is 0 Å². The molecule has 2 aliphatic heterocycles. The van der Waals surface area contributed by atoms with E-state index in [9.17, 15) is 9.90 Å². The van der Waals surface area contributed by atoms with E-state index in [2.05, 4.69) is 0 Å². The molecule has 0 spiro atoms. The Morgan fingerprint density at radius 3 is 1.77 bits per heavy atom. The average molecular weight is 641 g/mol. The summed E-state index contributed by atoms with van der Waals surface area (Å²) in [5.41, 5.74) is 2.18. The molecule has 0 aliphatic carbocycles. The first-order valence-electron chi connectivity index (χ1n) is 15.8. The number of aliphatic hydroxyl groups is 1. The molecule has 0 unspecified atom stereocenters. The van der Waals surface area contributed by atoms with Gasteiger partial charge in [-0.25, -0.2) is 4.79 Å². The van der Waals surface area contributed by atoms with Crippen molar-refractivity contribution in [3.05, 3.63) is 144 Å². The summed E-state index contributed by atoms with van der Waals surface area (Å²) in [6.45, 7) is 0.714. The molecule has 0 radical (unpaired) electrons. The minimum atomic E-state index is -1.74. The molecule has 2 fully saturated rings. The molecule has 2 aliphatic rings. The van der Waals surface area contributed by atoms with Crippen molar-refractivity contribution in [1.82, 2.24) is 0 Å². The third-order valence-corrected chi connectivity index (χ3v) is 8.56. The highest BCUT2D eigenvalue weighted by atomic mass is 16.7. The summed E-state index contributed by atoms with van der Waals surface area (Å²) in [6.07, 6.45) is -6.58. The Kier molecular flexibility index (Phi) is 11.1. The van der Waals surface area contributed by atoms with Gasteiger partial charge in [-0.05, 0) is 22.3 Å². The second-order valence-corrected chi connectivity index (χ2v) is 11.6. The molecule has 0 saturated carbocycles. The van der Waals surface area contributed by atoms with Crippen LogP contribution in [0.5, 0.6) is 0 Å². The van der Waals surface area contributed by atoms with Gasteiger partial charge in [-0.15, -0.1) is 0 Å². The Balaban J connectivity index is 1.36. The van der Waals surface area contributed by atoms with Crippen LogP contribution in [0.15, 0.2) is 121 Å². The van der Waals surface area contributed by atoms with Crippen LogP contribution in [0, 0.1) is 0 Å². The highest BCUT2D eigenvalue weighted by molar-refractivity contribution is 5.75. The molecule has 9 heteroatoms. The van der Waals surface area contributed by atoms with Crippen LogP contribution in [0.2, 0.25) is 0 Å². The third kappa shape index (κ3) is 7.63. The van der Waals surface area contributed by atoms with Gasteiger partial charge in [0.1, 0.15) is 31.0 Å². The summed E-state index contributed by atoms with van der Waals surface area (Å²) in [5, 5.41) is 11.6. The van der Waals surface area contributed by atoms with Gasteiger partial charge in [0.05, 0.1) is 26.4 Å². The number of carbonyl (C=O) groups excluding carboxylic acids is 1. The predicted octanol–water partition coefficient (Wildman–Crippen LogP) is 4.99. The van der Waals surface area contributed by atoms with E-state index in [1.165, 1.54) is 7.11 Å². The van der Waals surface area contributed by atoms with E-state index in [0.717, 1.165) is 22.3 Å². The minimum Gasteiger partial charge on any atom is -0.459 e. The predicted molar refractivity (Wildman–Crippen MR) is 172 cm³/mol. The lowest BCUT2D eigenvalue weighted by Crippen LogP contribution is -2.72. The number of esters is 1. The molecule has 9 nitrogen and oxygen atoms in total. The fourth-order valence-corrected chi connectivity index (χ4v) is 6.17. The van der Waals surface area contributed by atoms with E-state index in [1.54, 1.807) is 0 Å². The van der Waals surface area contributed by atoms with Crippen molar-refractivity contribution in [2.45, 2.75) is 68.8 Å². The quantitative estimate of drug-likeness (QED) is 0.191. The zero-order valence-electron chi connectivity index (χ0n) is 26.3. The van der Waals surface area contributed by atoms with Gasteiger partial charge in [-0.3, -0.25) is 0 Å². The molecule has 47 heavy (non-hydrogen) atoms. The molecular weight excluding hydrogens is 600 g/mol. The zero-order chi connectivity index (χ0) is 32.5. The Bertz CT molecular complexity index is 1520. The summed E-state index contributed by atoms with van der Waals surface area (Å²) >= 11 is 0. The fourth-order valence-electron chi connectivity index (χ4n) is 6.17. The molecular formula is C38H40O9. The van der Waals surface area contributed by atoms with Crippen molar-refractivity contribution in [3.8, 4) is 0 Å². The minimum absolute atomic E-state index is 0.0170. The second-order valence-electron chi connectivity index (χ2n) is 11.6. The standard InChI is InChI=1S/C38H40O9/c1-41-37-35-38(46-25-30-20-12-5-13-21-30,31(26-44-35)42-22-27-14-6-2-7-15-27)34(43-23-28-16-8-3-9-17-28)33(47-37)32(39)36(40)45-24-29-18-10-4-11-19-29/h2-21,31-35,37,39H,22-26H2,1H3/t31-,32+,33-,34+,35-,37-,38-/m0/s1. The van der Waals surface area contributed by atoms with Gasteiger partial charge in [-0.2, -0.15) is 0 Å². The maximum Gasteiger partial charge on any atom is 0.338 e. The molecule has 2 heterocycles. The van der Waals surface area contributed by atoms with Gasteiger partial charge in [0.2, 0.25) is 0 Å². The highest BCUT2D eigenvalue weighted by Crippen LogP contribution is 2.47. The van der Waals surface area contributed by atoms with Crippen LogP contribution in [0.1, 0.15) is 22.3 Å². The molecule has 0 aromatic heterocycles. The summed E-state index contributed by atoms with van der Waals surface area (Å²) in [6, 6.07) is 38.4. The number of hydrogen-bond donors (Lipinski definition) is 1. The van der Waals surface area contributed by atoms with Crippen molar-refractivity contribution < 1.29 is 43.1 Å². The van der Waals surface area contributed by atoms with Gasteiger partial charge in [0, 0.05) is 7.11 Å². The largest absolute Gasteiger partial charge is 0.459 e. The lowest BCUT2D eigenvalue weighted by molar-refractivity contribution is -0.350. The van der Waals surface area contributed by atoms with E-state index in [0.29, 0.717) is 0 Å². The average Bonchev–Trinajstić information content (AvgIpc) is 3.51. The van der Waals surface area contributed by atoms with E-state index in [1.807, 2.05) is 121 Å². The molecule has 6 rings (SSSR count). The Morgan fingerprint density at radius 2 is 1.23 bits per heavy atom. The first-order chi connectivity index (χ1) is 23.1. The highest BCUT2D eigenvalue weighted by Gasteiger charge is 2.68. The Morgan fingerprint density at radius 1 is 0.745 bits per heavy atom. The lowest BCUT2D eigenvalue weighted by Gasteiger charge is -2.52. The number of fused-ring (bicyclic) bond motifs is 1. The number of hydrogen-bond acceptors (Lipinski definition) is 9. The summed E-state index contributed by atoms with van der Waals surface area (Å²) in [7, 11) is 1.48. The third-order valence-electron chi connectivity index (χ3n) is 8.56. The zero-order valence-corrected chi connectivity index (χ0v) is 26.3. The van der Waals surface area contributed by atoms with Gasteiger partial charge in [0.25, 0.3) is 0 Å². The molecule has 7 atom stereocenters. The molecule has 4 aromatic carbocycles. The van der Waals surface area contributed by atoms with Crippen molar-refractivity contribution in [2.75, 3.05) is 13.7 Å². The smallest absolute Gasteiger partial charge is 0.338 e. The monoisotopic (exact) mass is 640 g/mol. The van der Waals surface area contributed by atoms with Crippen molar-refractivity contribution in [1.29, 1.82) is 0 Å². The van der Waals surface area contributed by atoms with Gasteiger partial charge >= 0.3 is 5.97 Å². The Labute approximate surface area is 274 Å². The maximum atomic E-state index is 13.4. The molecule has 246 valence electrons. The van der Waals surface area contributed by atoms with Crippen molar-refractivity contribution >= 4 is 5.97 Å². The van der Waals surface area contributed by atoms with Gasteiger partial charge in [-0.1, -0.05) is 121 Å². The van der Waals surface area contributed by atoms with Crippen LogP contribution < -0.4 is 0 Å². The SMILES string of the molecule is CO[C@H]1O[C@@H]([C@@H](O)C(=O)OCc2ccccc2)[C@@H](OCc2ccccc2)[C@@]2(OCc3ccccc3)[C@@H](OCc3ccccc3)CO[C@@H]12. The van der Waals surface area contributed by atoms with E-state index >= 15 is 0 Å². The van der Waals surface area contributed by atoms with Crippen LogP contribution in [0.4, 0.5) is 0 Å². The van der Waals surface area contributed by atoms with Gasteiger partial charge in [0.15, 0.2) is 18.0 Å². The number of ether oxygens (including phenoxy) is 7. The molecule has 2 saturated heterocycles. The normalized spacial score (nSPS) is 26.0. The molecule has 0 bridgehead atoms. The summed E-state index contributed by atoms with van der Waals surface area (Å²) < 4.78 is 44.2. The summed E-state index contributed by atoms with van der Waals surface area (Å²) in [5.74, 6) is -0.862. The number of aliphatic hydroxyl groups excluding tert-OH is 1. The van der Waals surface area contributed by atoms with Crippen molar-refractivity contribution in [3.63, 3.8) is 0 Å². The Hall–Kier alpha value is -3.93. The fraction of sp³-hybridized carbons (Fsp3) is 0.342. The van der Waals surface area contributed by atoms with E-state index < -0.39 is 48.4 Å². The van der Waals surface area contributed by atoms with E-state index in [4.69, 9.17) is 33.2 Å². The van der Waals surface area contributed by atoms with Crippen LogP contribution in [0.25, 0.3) is 0 Å². The number of methoxy groups -OCH3 is 1. The second kappa shape index (κ2) is 15.8. The number of carbonyl (C=O) groups is 1. The first-order valence-corrected chi connectivity index (χ1v) is 15.8. The number of benzene rings is 4. The van der Waals surface area contributed by atoms with Gasteiger partial charge < -0.3 is 38.3 Å². The lowest BCUT2D eigenvalue weighted by atomic mass is 9.79. The summed E-state index contributed by atoms with van der Waals surface area (Å²) in [4.78, 5) is 13.4. The van der Waals surface area contributed by atoms with E-state index in [-0.39, 0.29) is 33.0 Å². The first kappa shape index (κ1) is 33.0. The number of rotatable bonds is 14. The topological polar surface area (TPSA) is 102 Å². The molecule has 1 N–H and O–H groups in total. The van der Waals surface area contributed by atoms with Crippen molar-refractivity contribution in [2.24, 2.45) is 0 Å². The molecule has 4 aromatic rings. The van der Waals surface area contributed by atoms with Crippen LogP contribution in [0.3, 0.4) is 0 Å². The maximum absolute atomic E-state index is 13.4. The molecule has 0 amide bonds. The van der Waals surface area contributed by atoms with Crippen LogP contribution in [-0.4, -0.2) is 67.2 Å².